The van der Waals surface area contributed by atoms with Crippen LogP contribution in [0.2, 0.25) is 0 Å². The Bertz CT molecular complexity index is 519. The molecule has 0 N–H and O–H groups in total. The minimum absolute atomic E-state index is 0.260. The smallest absolute Gasteiger partial charge is 0.168 e. The highest BCUT2D eigenvalue weighted by molar-refractivity contribution is 5.72. The Morgan fingerprint density at radius 2 is 2.25 bits per heavy atom. The lowest BCUT2D eigenvalue weighted by atomic mass is 10.1. The van der Waals surface area contributed by atoms with Gasteiger partial charge in [-0.15, -0.1) is 0 Å². The van der Waals surface area contributed by atoms with Gasteiger partial charge in [-0.3, -0.25) is 9.48 Å². The van der Waals surface area contributed by atoms with Gasteiger partial charge in [-0.25, -0.2) is 4.39 Å². The van der Waals surface area contributed by atoms with Gasteiger partial charge in [0.2, 0.25) is 0 Å². The topological polar surface area (TPSA) is 34.9 Å². The first-order valence-electron chi connectivity index (χ1n) is 4.91. The van der Waals surface area contributed by atoms with Crippen LogP contribution in [0, 0.1) is 5.82 Å². The number of hydrogen-bond donors (Lipinski definition) is 0. The van der Waals surface area contributed by atoms with Crippen molar-refractivity contribution in [2.24, 2.45) is 7.05 Å². The van der Waals surface area contributed by atoms with E-state index in [1.54, 1.807) is 19.2 Å². The lowest BCUT2D eigenvalue weighted by Gasteiger charge is -1.97. The first-order chi connectivity index (χ1) is 7.69. The number of aldehydes is 1. The van der Waals surface area contributed by atoms with E-state index in [1.807, 2.05) is 6.07 Å². The zero-order valence-corrected chi connectivity index (χ0v) is 8.85. The van der Waals surface area contributed by atoms with E-state index in [4.69, 9.17) is 0 Å². The third-order valence-electron chi connectivity index (χ3n) is 2.36. The van der Waals surface area contributed by atoms with Crippen LogP contribution in [-0.2, 0) is 13.5 Å². The summed E-state index contributed by atoms with van der Waals surface area (Å²) in [5.41, 5.74) is 2.12. The molecule has 0 bridgehead atoms. The minimum Gasteiger partial charge on any atom is -0.296 e. The van der Waals surface area contributed by atoms with E-state index < -0.39 is 0 Å². The normalized spacial score (nSPS) is 10.4. The number of aryl methyl sites for hydroxylation is 1. The quantitative estimate of drug-likeness (QED) is 0.738. The lowest BCUT2D eigenvalue weighted by molar-refractivity contribution is 0.111. The molecule has 3 nitrogen and oxygen atoms in total. The fourth-order valence-corrected chi connectivity index (χ4v) is 1.60. The summed E-state index contributed by atoms with van der Waals surface area (Å²) in [6.45, 7) is 0. The summed E-state index contributed by atoms with van der Waals surface area (Å²) in [4.78, 5) is 10.6. The Hall–Kier alpha value is -1.97. The van der Waals surface area contributed by atoms with Crippen molar-refractivity contribution in [3.05, 3.63) is 53.1 Å². The van der Waals surface area contributed by atoms with Gasteiger partial charge in [0.05, 0.1) is 5.69 Å². The van der Waals surface area contributed by atoms with Crippen LogP contribution < -0.4 is 0 Å². The third-order valence-corrected chi connectivity index (χ3v) is 2.36. The molecule has 2 rings (SSSR count). The molecule has 0 saturated carbocycles. The second kappa shape index (κ2) is 4.26. The Morgan fingerprint density at radius 3 is 2.88 bits per heavy atom. The molecule has 0 spiro atoms. The molecule has 1 heterocycles. The summed E-state index contributed by atoms with van der Waals surface area (Å²) in [6, 6.07) is 8.07. The first-order valence-corrected chi connectivity index (χ1v) is 4.91. The van der Waals surface area contributed by atoms with Gasteiger partial charge in [0.1, 0.15) is 11.5 Å². The Balaban J connectivity index is 2.23. The minimum atomic E-state index is -0.260. The number of hydrogen-bond acceptors (Lipinski definition) is 2. The van der Waals surface area contributed by atoms with E-state index in [-0.39, 0.29) is 5.82 Å². The van der Waals surface area contributed by atoms with Crippen molar-refractivity contribution in [1.29, 1.82) is 0 Å². The maximum absolute atomic E-state index is 12.9. The molecule has 0 amide bonds. The molecular formula is C12H11FN2O. The number of halogens is 1. The molecule has 0 fully saturated rings. The van der Waals surface area contributed by atoms with E-state index >= 15 is 0 Å². The SMILES string of the molecule is Cn1nc(Cc2cccc(F)c2)cc1C=O. The van der Waals surface area contributed by atoms with Crippen molar-refractivity contribution in [3.8, 4) is 0 Å². The molecule has 82 valence electrons. The Labute approximate surface area is 92.5 Å². The van der Waals surface area contributed by atoms with Crippen molar-refractivity contribution in [2.75, 3.05) is 0 Å². The van der Waals surface area contributed by atoms with Crippen LogP contribution in [0.4, 0.5) is 4.39 Å². The van der Waals surface area contributed by atoms with E-state index in [2.05, 4.69) is 5.10 Å². The van der Waals surface area contributed by atoms with Crippen LogP contribution in [0.3, 0.4) is 0 Å². The molecule has 16 heavy (non-hydrogen) atoms. The summed E-state index contributed by atoms with van der Waals surface area (Å²) in [7, 11) is 1.71. The monoisotopic (exact) mass is 218 g/mol. The largest absolute Gasteiger partial charge is 0.296 e. The zero-order chi connectivity index (χ0) is 11.5. The second-order valence-electron chi connectivity index (χ2n) is 3.61. The third kappa shape index (κ3) is 2.16. The molecular weight excluding hydrogens is 207 g/mol. The number of carbonyl (C=O) groups excluding carboxylic acids is 1. The number of aromatic nitrogens is 2. The van der Waals surface area contributed by atoms with Crippen molar-refractivity contribution >= 4 is 6.29 Å². The number of rotatable bonds is 3. The van der Waals surface area contributed by atoms with Crippen LogP contribution in [0.15, 0.2) is 30.3 Å². The second-order valence-corrected chi connectivity index (χ2v) is 3.61. The Kier molecular flexibility index (Phi) is 2.81. The molecule has 0 unspecified atom stereocenters. The van der Waals surface area contributed by atoms with Gasteiger partial charge in [0.25, 0.3) is 0 Å². The summed E-state index contributed by atoms with van der Waals surface area (Å²) in [5.74, 6) is -0.260. The molecule has 4 heteroatoms. The van der Waals surface area contributed by atoms with Gasteiger partial charge < -0.3 is 0 Å². The van der Waals surface area contributed by atoms with Gasteiger partial charge in [-0.2, -0.15) is 5.10 Å². The molecule has 0 aliphatic heterocycles. The molecule has 1 aromatic heterocycles. The number of nitrogens with zero attached hydrogens (tertiary/aromatic N) is 2. The number of carbonyl (C=O) groups is 1. The average molecular weight is 218 g/mol. The predicted molar refractivity (Wildman–Crippen MR) is 57.8 cm³/mol. The fourth-order valence-electron chi connectivity index (χ4n) is 1.60. The van der Waals surface area contributed by atoms with Crippen LogP contribution in [-0.4, -0.2) is 16.1 Å². The van der Waals surface area contributed by atoms with Gasteiger partial charge in [-0.05, 0) is 23.8 Å². The van der Waals surface area contributed by atoms with Crippen molar-refractivity contribution in [2.45, 2.75) is 6.42 Å². The van der Waals surface area contributed by atoms with Crippen LogP contribution >= 0.6 is 0 Å². The highest BCUT2D eigenvalue weighted by atomic mass is 19.1. The van der Waals surface area contributed by atoms with E-state index in [0.29, 0.717) is 12.1 Å². The van der Waals surface area contributed by atoms with Crippen molar-refractivity contribution in [1.82, 2.24) is 9.78 Å². The lowest BCUT2D eigenvalue weighted by Crippen LogP contribution is -1.96. The molecule has 1 aromatic carbocycles. The van der Waals surface area contributed by atoms with Crippen molar-refractivity contribution in [3.63, 3.8) is 0 Å². The molecule has 2 aromatic rings. The average Bonchev–Trinajstić information content (AvgIpc) is 2.58. The summed E-state index contributed by atoms with van der Waals surface area (Å²) in [6.07, 6.45) is 1.28. The van der Waals surface area contributed by atoms with Gasteiger partial charge in [0, 0.05) is 13.5 Å². The van der Waals surface area contributed by atoms with Crippen molar-refractivity contribution < 1.29 is 9.18 Å². The van der Waals surface area contributed by atoms with Gasteiger partial charge in [-0.1, -0.05) is 12.1 Å². The highest BCUT2D eigenvalue weighted by Crippen LogP contribution is 2.10. The maximum atomic E-state index is 12.9. The molecule has 0 aliphatic rings. The first kappa shape index (κ1) is 10.5. The standard InChI is InChI=1S/C12H11FN2O/c1-15-12(8-16)7-11(14-15)6-9-3-2-4-10(13)5-9/h2-5,7-8H,6H2,1H3. The van der Waals surface area contributed by atoms with E-state index in [9.17, 15) is 9.18 Å². The fraction of sp³-hybridized carbons (Fsp3) is 0.167. The van der Waals surface area contributed by atoms with Gasteiger partial charge in [0.15, 0.2) is 6.29 Å². The maximum Gasteiger partial charge on any atom is 0.168 e. The zero-order valence-electron chi connectivity index (χ0n) is 8.85. The Morgan fingerprint density at radius 1 is 1.44 bits per heavy atom. The number of benzene rings is 1. The predicted octanol–water partition coefficient (Wildman–Crippen LogP) is 1.96. The van der Waals surface area contributed by atoms with Crippen LogP contribution in [0.5, 0.6) is 0 Å². The molecule has 0 aliphatic carbocycles. The van der Waals surface area contributed by atoms with Crippen LogP contribution in [0.25, 0.3) is 0 Å². The molecule has 0 radical (unpaired) electrons. The van der Waals surface area contributed by atoms with Crippen LogP contribution in [0.1, 0.15) is 21.7 Å². The van der Waals surface area contributed by atoms with Gasteiger partial charge >= 0.3 is 0 Å². The summed E-state index contributed by atoms with van der Waals surface area (Å²) >= 11 is 0. The molecule has 0 saturated heterocycles. The molecule has 0 atom stereocenters. The summed E-state index contributed by atoms with van der Waals surface area (Å²) < 4.78 is 14.5. The summed E-state index contributed by atoms with van der Waals surface area (Å²) in [5, 5.41) is 4.17. The van der Waals surface area contributed by atoms with E-state index in [0.717, 1.165) is 17.5 Å². The highest BCUT2D eigenvalue weighted by Gasteiger charge is 2.05. The van der Waals surface area contributed by atoms with E-state index in [1.165, 1.54) is 16.8 Å².